The number of carbonyl (C=O) groups is 1. The monoisotopic (exact) mass is 476 g/mol. The topological polar surface area (TPSA) is 42.0 Å². The highest BCUT2D eigenvalue weighted by Gasteiger charge is 2.24. The Hall–Kier alpha value is -3.38. The fraction of sp³-hybridized carbons (Fsp3) is 0.345. The molecule has 35 heavy (non-hydrogen) atoms. The molecule has 5 rings (SSSR count). The zero-order valence-corrected chi connectivity index (χ0v) is 20.7. The normalized spacial score (nSPS) is 16.9. The zero-order valence-electron chi connectivity index (χ0n) is 20.7. The molecule has 1 unspecified atom stereocenters. The summed E-state index contributed by atoms with van der Waals surface area (Å²) in [6, 6.07) is 19.6. The van der Waals surface area contributed by atoms with E-state index in [1.54, 1.807) is 25.2 Å². The first-order chi connectivity index (χ1) is 17.0. The minimum atomic E-state index is -0.101. The average Bonchev–Trinajstić information content (AvgIpc) is 2.90. The molecular weight excluding hydrogens is 443 g/mol. The summed E-state index contributed by atoms with van der Waals surface area (Å²) < 4.78 is 24.2. The number of fused-ring (bicyclic) bond motifs is 2. The van der Waals surface area contributed by atoms with Gasteiger partial charge < -0.3 is 14.4 Å². The molecule has 1 atom stereocenters. The van der Waals surface area contributed by atoms with Crippen molar-refractivity contribution in [2.24, 2.45) is 0 Å². The Balaban J connectivity index is 0.000000165. The molecule has 2 aliphatic heterocycles. The highest BCUT2D eigenvalue weighted by molar-refractivity contribution is 5.54. The Morgan fingerprint density at radius 3 is 2.29 bits per heavy atom. The maximum atomic E-state index is 13.6. The second-order valence-electron chi connectivity index (χ2n) is 9.00. The standard InChI is InChI=1S/C16H16FN.C13H17NO3/c17-16-8-4-3-7-15(16)12-18-10-9-13-5-1-2-6-14(13)11-18;1-9-11-7-13(17-3)12(16-2)6-10(11)4-5-14(9)8-15/h1-8H,9-12H2;6-9H,4-5H2,1-3H3. The van der Waals surface area contributed by atoms with Gasteiger partial charge in [0.05, 0.1) is 20.3 Å². The highest BCUT2D eigenvalue weighted by atomic mass is 19.1. The molecular formula is C29H33FN2O3. The lowest BCUT2D eigenvalue weighted by Gasteiger charge is -2.32. The molecule has 1 amide bonds. The molecule has 184 valence electrons. The quantitative estimate of drug-likeness (QED) is 0.477. The Bertz CT molecular complexity index is 1170. The number of nitrogens with zero attached hydrogens (tertiary/aromatic N) is 2. The smallest absolute Gasteiger partial charge is 0.210 e. The lowest BCUT2D eigenvalue weighted by Crippen LogP contribution is -2.32. The van der Waals surface area contributed by atoms with Crippen LogP contribution in [0.15, 0.2) is 60.7 Å². The zero-order chi connectivity index (χ0) is 24.8. The van der Waals surface area contributed by atoms with E-state index in [2.05, 4.69) is 29.2 Å². The fourth-order valence-electron chi connectivity index (χ4n) is 4.86. The number of amides is 1. The van der Waals surface area contributed by atoms with Crippen LogP contribution in [0.5, 0.6) is 11.5 Å². The molecule has 0 saturated carbocycles. The summed E-state index contributed by atoms with van der Waals surface area (Å²) in [4.78, 5) is 15.0. The highest BCUT2D eigenvalue weighted by Crippen LogP contribution is 2.37. The van der Waals surface area contributed by atoms with Crippen molar-refractivity contribution in [2.75, 3.05) is 27.3 Å². The third-order valence-corrected chi connectivity index (χ3v) is 6.93. The Morgan fingerprint density at radius 1 is 0.914 bits per heavy atom. The van der Waals surface area contributed by atoms with Gasteiger partial charge in [0.2, 0.25) is 6.41 Å². The van der Waals surface area contributed by atoms with Crippen LogP contribution in [0.4, 0.5) is 4.39 Å². The molecule has 5 nitrogen and oxygen atoms in total. The van der Waals surface area contributed by atoms with Crippen LogP contribution in [0.3, 0.4) is 0 Å². The lowest BCUT2D eigenvalue weighted by atomic mass is 9.93. The van der Waals surface area contributed by atoms with E-state index in [-0.39, 0.29) is 11.9 Å². The summed E-state index contributed by atoms with van der Waals surface area (Å²) in [7, 11) is 3.25. The molecule has 0 bridgehead atoms. The maximum absolute atomic E-state index is 13.6. The molecule has 3 aromatic rings. The molecule has 2 heterocycles. The average molecular weight is 477 g/mol. The molecule has 0 aliphatic carbocycles. The SMILES string of the molecule is COc1cc2c(cc1OC)C(C)N(C=O)CC2.Fc1ccccc1CN1CCc2ccccc2C1. The number of ether oxygens (including phenoxy) is 2. The predicted molar refractivity (Wildman–Crippen MR) is 135 cm³/mol. The van der Waals surface area contributed by atoms with Crippen LogP contribution >= 0.6 is 0 Å². The summed E-state index contributed by atoms with van der Waals surface area (Å²) in [6.45, 7) is 5.41. The van der Waals surface area contributed by atoms with E-state index in [4.69, 9.17) is 9.47 Å². The van der Waals surface area contributed by atoms with Crippen molar-refractivity contribution in [3.05, 3.63) is 94.3 Å². The minimum Gasteiger partial charge on any atom is -0.493 e. The van der Waals surface area contributed by atoms with Gasteiger partial charge in [0.25, 0.3) is 0 Å². The molecule has 0 radical (unpaired) electrons. The Kier molecular flexibility index (Phi) is 8.03. The van der Waals surface area contributed by atoms with Crippen molar-refractivity contribution in [1.29, 1.82) is 0 Å². The fourth-order valence-corrected chi connectivity index (χ4v) is 4.86. The van der Waals surface area contributed by atoms with E-state index < -0.39 is 0 Å². The van der Waals surface area contributed by atoms with E-state index in [1.807, 2.05) is 31.2 Å². The second-order valence-corrected chi connectivity index (χ2v) is 9.00. The first-order valence-corrected chi connectivity index (χ1v) is 12.0. The van der Waals surface area contributed by atoms with Gasteiger partial charge in [-0.3, -0.25) is 9.69 Å². The summed E-state index contributed by atoms with van der Waals surface area (Å²) in [5, 5.41) is 0. The molecule has 0 spiro atoms. The molecule has 3 aromatic carbocycles. The van der Waals surface area contributed by atoms with Crippen LogP contribution in [0.2, 0.25) is 0 Å². The number of hydrogen-bond donors (Lipinski definition) is 0. The van der Waals surface area contributed by atoms with Crippen molar-refractivity contribution in [3.63, 3.8) is 0 Å². The van der Waals surface area contributed by atoms with Crippen molar-refractivity contribution in [2.45, 2.75) is 38.9 Å². The van der Waals surface area contributed by atoms with Gasteiger partial charge in [-0.05, 0) is 60.2 Å². The van der Waals surface area contributed by atoms with Crippen molar-refractivity contribution in [3.8, 4) is 11.5 Å². The third kappa shape index (κ3) is 5.65. The van der Waals surface area contributed by atoms with Gasteiger partial charge in [0, 0.05) is 31.7 Å². The van der Waals surface area contributed by atoms with Gasteiger partial charge in [0.15, 0.2) is 11.5 Å². The molecule has 0 fully saturated rings. The molecule has 6 heteroatoms. The van der Waals surface area contributed by atoms with Gasteiger partial charge in [-0.15, -0.1) is 0 Å². The number of methoxy groups -OCH3 is 2. The van der Waals surface area contributed by atoms with Gasteiger partial charge in [-0.2, -0.15) is 0 Å². The summed E-state index contributed by atoms with van der Waals surface area (Å²) in [5.74, 6) is 1.36. The maximum Gasteiger partial charge on any atom is 0.210 e. The minimum absolute atomic E-state index is 0.0936. The number of hydrogen-bond acceptors (Lipinski definition) is 4. The lowest BCUT2D eigenvalue weighted by molar-refractivity contribution is -0.120. The number of halogens is 1. The number of rotatable bonds is 5. The summed E-state index contributed by atoms with van der Waals surface area (Å²) >= 11 is 0. The van der Waals surface area contributed by atoms with Gasteiger partial charge in [-0.25, -0.2) is 4.39 Å². The van der Waals surface area contributed by atoms with Gasteiger partial charge in [0.1, 0.15) is 5.82 Å². The number of benzene rings is 3. The van der Waals surface area contributed by atoms with Crippen LogP contribution < -0.4 is 9.47 Å². The largest absolute Gasteiger partial charge is 0.493 e. The van der Waals surface area contributed by atoms with E-state index in [9.17, 15) is 9.18 Å². The van der Waals surface area contributed by atoms with E-state index in [1.165, 1.54) is 22.8 Å². The number of carbonyl (C=O) groups excluding carboxylic acids is 1. The third-order valence-electron chi connectivity index (χ3n) is 6.93. The van der Waals surface area contributed by atoms with Crippen LogP contribution in [0.25, 0.3) is 0 Å². The molecule has 0 N–H and O–H groups in total. The van der Waals surface area contributed by atoms with Gasteiger partial charge in [-0.1, -0.05) is 42.5 Å². The van der Waals surface area contributed by atoms with Crippen molar-refractivity contribution in [1.82, 2.24) is 9.80 Å². The van der Waals surface area contributed by atoms with Crippen molar-refractivity contribution >= 4 is 6.41 Å². The first kappa shape index (κ1) is 24.7. The van der Waals surface area contributed by atoms with Gasteiger partial charge >= 0.3 is 0 Å². The van der Waals surface area contributed by atoms with Crippen molar-refractivity contribution < 1.29 is 18.7 Å². The van der Waals surface area contributed by atoms with E-state index in [0.717, 1.165) is 55.8 Å². The summed E-state index contributed by atoms with van der Waals surface area (Å²) in [5.41, 5.74) is 5.97. The summed E-state index contributed by atoms with van der Waals surface area (Å²) in [6.07, 6.45) is 2.83. The van der Waals surface area contributed by atoms with E-state index >= 15 is 0 Å². The molecule has 2 aliphatic rings. The van der Waals surface area contributed by atoms with E-state index in [0.29, 0.717) is 12.3 Å². The van der Waals surface area contributed by atoms with Crippen LogP contribution in [-0.4, -0.2) is 43.5 Å². The van der Waals surface area contributed by atoms with Crippen LogP contribution in [-0.2, 0) is 30.7 Å². The molecule has 0 saturated heterocycles. The van der Waals surface area contributed by atoms with Crippen LogP contribution in [0.1, 0.15) is 40.8 Å². The Labute approximate surface area is 207 Å². The predicted octanol–water partition coefficient (Wildman–Crippen LogP) is 5.16. The molecule has 0 aromatic heterocycles. The second kappa shape index (κ2) is 11.4. The Morgan fingerprint density at radius 2 is 1.57 bits per heavy atom. The van der Waals surface area contributed by atoms with Crippen LogP contribution in [0, 0.1) is 5.82 Å². The first-order valence-electron chi connectivity index (χ1n) is 12.0.